The number of aliphatic hydroxyl groups excluding tert-OH is 1. The Hall–Kier alpha value is -1.62. The quantitative estimate of drug-likeness (QED) is 0.227. The molecule has 180 valence electrons. The molecule has 0 aliphatic rings. The third kappa shape index (κ3) is 13.4. The van der Waals surface area contributed by atoms with E-state index in [1.807, 2.05) is 0 Å². The first kappa shape index (κ1) is 29.4. The Bertz CT molecular complexity index is 568. The van der Waals surface area contributed by atoms with Gasteiger partial charge in [0.15, 0.2) is 0 Å². The summed E-state index contributed by atoms with van der Waals surface area (Å²) < 4.78 is 10.7. The van der Waals surface area contributed by atoms with Gasteiger partial charge in [0.1, 0.15) is 6.10 Å². The molecule has 0 amide bonds. The Kier molecular flexibility index (Phi) is 15.2. The highest BCUT2D eigenvalue weighted by Gasteiger charge is 2.21. The summed E-state index contributed by atoms with van der Waals surface area (Å²) in [5.74, 6) is 1.50. The lowest BCUT2D eigenvalue weighted by molar-refractivity contribution is -0.147. The predicted molar refractivity (Wildman–Crippen MR) is 127 cm³/mol. The van der Waals surface area contributed by atoms with Crippen LogP contribution in [0.1, 0.15) is 86.5 Å². The molecule has 0 rings (SSSR count). The first-order valence-corrected chi connectivity index (χ1v) is 11.8. The molecule has 0 radical (unpaired) electrons. The number of esters is 2. The third-order valence-electron chi connectivity index (χ3n) is 6.34. The van der Waals surface area contributed by atoms with Crippen molar-refractivity contribution in [3.8, 4) is 0 Å². The lowest BCUT2D eigenvalue weighted by Gasteiger charge is -2.25. The minimum Gasteiger partial charge on any atom is -0.462 e. The normalized spacial score (nSPS) is 16.0. The van der Waals surface area contributed by atoms with Crippen LogP contribution < -0.4 is 0 Å². The van der Waals surface area contributed by atoms with Crippen molar-refractivity contribution in [2.75, 3.05) is 13.2 Å². The second kappa shape index (κ2) is 16.1. The topological polar surface area (TPSA) is 72.8 Å². The molecule has 0 aliphatic heterocycles. The van der Waals surface area contributed by atoms with Gasteiger partial charge in [-0.3, -0.25) is 0 Å². The van der Waals surface area contributed by atoms with E-state index in [9.17, 15) is 9.59 Å². The highest BCUT2D eigenvalue weighted by molar-refractivity contribution is 5.88. The van der Waals surface area contributed by atoms with Crippen molar-refractivity contribution in [2.24, 2.45) is 23.7 Å². The van der Waals surface area contributed by atoms with Crippen LogP contribution in [0.3, 0.4) is 0 Å². The molecule has 0 aromatic rings. The van der Waals surface area contributed by atoms with Gasteiger partial charge in [0.25, 0.3) is 0 Å². The monoisotopic (exact) mass is 438 g/mol. The first-order valence-electron chi connectivity index (χ1n) is 11.8. The molecule has 5 unspecified atom stereocenters. The fraction of sp³-hybridized carbons (Fsp3) is 0.769. The summed E-state index contributed by atoms with van der Waals surface area (Å²) in [5.41, 5.74) is 0.368. The zero-order valence-electron chi connectivity index (χ0n) is 20.7. The molecule has 0 heterocycles. The van der Waals surface area contributed by atoms with Gasteiger partial charge in [0.05, 0.1) is 18.8 Å². The minimum atomic E-state index is -0.624. The molecule has 0 saturated heterocycles. The molecule has 5 heteroatoms. The van der Waals surface area contributed by atoms with E-state index < -0.39 is 18.5 Å². The molecule has 0 bridgehead atoms. The van der Waals surface area contributed by atoms with Crippen molar-refractivity contribution in [1.29, 1.82) is 0 Å². The van der Waals surface area contributed by atoms with Crippen LogP contribution in [-0.2, 0) is 19.1 Å². The van der Waals surface area contributed by atoms with Crippen molar-refractivity contribution < 1.29 is 24.2 Å². The van der Waals surface area contributed by atoms with Crippen molar-refractivity contribution in [2.45, 2.75) is 92.6 Å². The van der Waals surface area contributed by atoms with Gasteiger partial charge in [-0.2, -0.15) is 0 Å². The lowest BCUT2D eigenvalue weighted by Crippen LogP contribution is -2.24. The van der Waals surface area contributed by atoms with E-state index in [1.165, 1.54) is 19.3 Å². The molecule has 1 N–H and O–H groups in total. The molecule has 0 aliphatic carbocycles. The number of ether oxygens (including phenoxy) is 2. The SMILES string of the molecule is C=C(C)C(=O)OC(CCOC(=O)C(=C)CO)CC(C)CCC(C)C(C)CCC(C)CC. The fourth-order valence-electron chi connectivity index (χ4n) is 3.36. The average Bonchev–Trinajstić information content (AvgIpc) is 2.74. The lowest BCUT2D eigenvalue weighted by atomic mass is 9.83. The summed E-state index contributed by atoms with van der Waals surface area (Å²) in [6.07, 6.45) is 6.80. The van der Waals surface area contributed by atoms with Crippen LogP contribution in [0.25, 0.3) is 0 Å². The van der Waals surface area contributed by atoms with E-state index in [-0.39, 0.29) is 18.3 Å². The van der Waals surface area contributed by atoms with Gasteiger partial charge >= 0.3 is 11.9 Å². The summed E-state index contributed by atoms with van der Waals surface area (Å²) in [5, 5.41) is 8.95. The zero-order valence-corrected chi connectivity index (χ0v) is 20.7. The molecule has 0 aromatic carbocycles. The Balaban J connectivity index is 4.61. The smallest absolute Gasteiger partial charge is 0.335 e. The standard InChI is InChI=1S/C26H46O5/c1-9-19(4)10-12-21(6)22(7)13-11-20(5)16-24(31-25(28)18(2)3)14-15-30-26(29)23(8)17-27/h19-22,24,27H,2,8-17H2,1,3-7H3. The summed E-state index contributed by atoms with van der Waals surface area (Å²) >= 11 is 0. The average molecular weight is 439 g/mol. The molecule has 5 nitrogen and oxygen atoms in total. The van der Waals surface area contributed by atoms with Crippen LogP contribution in [0.15, 0.2) is 24.3 Å². The summed E-state index contributed by atoms with van der Waals surface area (Å²) in [4.78, 5) is 23.7. The number of rotatable bonds is 17. The summed E-state index contributed by atoms with van der Waals surface area (Å²) in [6.45, 7) is 19.8. The molecule has 5 atom stereocenters. The van der Waals surface area contributed by atoms with Crippen molar-refractivity contribution >= 4 is 11.9 Å². The molecule has 0 spiro atoms. The van der Waals surface area contributed by atoms with E-state index in [0.717, 1.165) is 18.8 Å². The second-order valence-corrected chi connectivity index (χ2v) is 9.46. The molecule has 0 fully saturated rings. The van der Waals surface area contributed by atoms with Gasteiger partial charge in [0, 0.05) is 12.0 Å². The van der Waals surface area contributed by atoms with Crippen LogP contribution in [0, 0.1) is 23.7 Å². The van der Waals surface area contributed by atoms with Crippen molar-refractivity contribution in [3.63, 3.8) is 0 Å². The van der Waals surface area contributed by atoms with Crippen LogP contribution in [0.4, 0.5) is 0 Å². The van der Waals surface area contributed by atoms with Crippen LogP contribution in [0.5, 0.6) is 0 Å². The van der Waals surface area contributed by atoms with Crippen LogP contribution in [0.2, 0.25) is 0 Å². The maximum atomic E-state index is 12.0. The highest BCUT2D eigenvalue weighted by atomic mass is 16.6. The number of carbonyl (C=O) groups excluding carboxylic acids is 2. The number of aliphatic hydroxyl groups is 1. The van der Waals surface area contributed by atoms with E-state index in [2.05, 4.69) is 47.8 Å². The van der Waals surface area contributed by atoms with Gasteiger partial charge in [-0.1, -0.05) is 79.9 Å². The maximum Gasteiger partial charge on any atom is 0.335 e. The molecule has 0 saturated carbocycles. The summed E-state index contributed by atoms with van der Waals surface area (Å²) in [7, 11) is 0. The van der Waals surface area contributed by atoms with E-state index in [1.54, 1.807) is 6.92 Å². The molecular formula is C26H46O5. The van der Waals surface area contributed by atoms with Gasteiger partial charge in [-0.05, 0) is 37.0 Å². The first-order chi connectivity index (χ1) is 14.5. The van der Waals surface area contributed by atoms with Crippen molar-refractivity contribution in [3.05, 3.63) is 24.3 Å². The predicted octanol–water partition coefficient (Wildman–Crippen LogP) is 5.86. The number of carbonyl (C=O) groups is 2. The van der Waals surface area contributed by atoms with E-state index in [4.69, 9.17) is 14.6 Å². The second-order valence-electron chi connectivity index (χ2n) is 9.46. The summed E-state index contributed by atoms with van der Waals surface area (Å²) in [6, 6.07) is 0. The largest absolute Gasteiger partial charge is 0.462 e. The van der Waals surface area contributed by atoms with E-state index in [0.29, 0.717) is 36.2 Å². The molecular weight excluding hydrogens is 392 g/mol. The van der Waals surface area contributed by atoms with Crippen molar-refractivity contribution in [1.82, 2.24) is 0 Å². The highest BCUT2D eigenvalue weighted by Crippen LogP contribution is 2.27. The van der Waals surface area contributed by atoms with Crippen LogP contribution >= 0.6 is 0 Å². The number of hydrogen-bond donors (Lipinski definition) is 1. The van der Waals surface area contributed by atoms with Gasteiger partial charge < -0.3 is 14.6 Å². The van der Waals surface area contributed by atoms with E-state index >= 15 is 0 Å². The zero-order chi connectivity index (χ0) is 24.0. The maximum absolute atomic E-state index is 12.0. The Labute approximate surface area is 190 Å². The Morgan fingerprint density at radius 3 is 1.90 bits per heavy atom. The Morgan fingerprint density at radius 1 is 0.871 bits per heavy atom. The van der Waals surface area contributed by atoms with Gasteiger partial charge in [0.2, 0.25) is 0 Å². The van der Waals surface area contributed by atoms with Gasteiger partial charge in [-0.25, -0.2) is 9.59 Å². The minimum absolute atomic E-state index is 0.0142. The molecule has 31 heavy (non-hydrogen) atoms. The van der Waals surface area contributed by atoms with Gasteiger partial charge in [-0.15, -0.1) is 0 Å². The third-order valence-corrected chi connectivity index (χ3v) is 6.34. The number of hydrogen-bond acceptors (Lipinski definition) is 5. The fourth-order valence-corrected chi connectivity index (χ4v) is 3.36. The molecule has 0 aromatic heterocycles. The van der Waals surface area contributed by atoms with Crippen LogP contribution in [-0.4, -0.2) is 36.4 Å². The Morgan fingerprint density at radius 2 is 1.42 bits per heavy atom.